The van der Waals surface area contributed by atoms with Crippen LogP contribution >= 0.6 is 0 Å². The smallest absolute Gasteiger partial charge is 0.262 e. The van der Waals surface area contributed by atoms with E-state index in [9.17, 15) is 17.6 Å². The zero-order valence-electron chi connectivity index (χ0n) is 17.6. The van der Waals surface area contributed by atoms with Crippen molar-refractivity contribution in [3.8, 4) is 0 Å². The number of rotatable bonds is 6. The second kappa shape index (κ2) is 8.47. The highest BCUT2D eigenvalue weighted by Gasteiger charge is 2.20. The van der Waals surface area contributed by atoms with Crippen molar-refractivity contribution >= 4 is 38.2 Å². The van der Waals surface area contributed by atoms with Crippen LogP contribution < -0.4 is 10.0 Å². The van der Waals surface area contributed by atoms with Crippen LogP contribution in [0.2, 0.25) is 0 Å². The summed E-state index contributed by atoms with van der Waals surface area (Å²) in [7, 11) is -4.08. The number of anilines is 2. The molecule has 2 N–H and O–H groups in total. The van der Waals surface area contributed by atoms with Gasteiger partial charge in [0.2, 0.25) is 0 Å². The van der Waals surface area contributed by atoms with Crippen molar-refractivity contribution in [1.82, 2.24) is 4.57 Å². The molecule has 6 nitrogen and oxygen atoms in total. The Morgan fingerprint density at radius 1 is 1.03 bits per heavy atom. The van der Waals surface area contributed by atoms with Crippen molar-refractivity contribution in [2.24, 2.45) is 0 Å². The Kier molecular flexibility index (Phi) is 5.71. The van der Waals surface area contributed by atoms with Crippen LogP contribution in [-0.2, 0) is 16.6 Å². The van der Waals surface area contributed by atoms with Crippen molar-refractivity contribution < 1.29 is 17.6 Å². The second-order valence-electron chi connectivity index (χ2n) is 7.39. The lowest BCUT2D eigenvalue weighted by Gasteiger charge is -2.12. The maximum absolute atomic E-state index is 13.9. The van der Waals surface area contributed by atoms with E-state index in [0.29, 0.717) is 11.3 Å². The molecule has 0 atom stereocenters. The molecule has 164 valence electrons. The Hall–Kier alpha value is -3.65. The van der Waals surface area contributed by atoms with E-state index in [2.05, 4.69) is 21.5 Å². The molecular weight excluding hydrogens is 429 g/mol. The largest absolute Gasteiger partial charge is 0.348 e. The highest BCUT2D eigenvalue weighted by molar-refractivity contribution is 7.92. The van der Waals surface area contributed by atoms with Crippen LogP contribution in [0.25, 0.3) is 10.9 Å². The van der Waals surface area contributed by atoms with E-state index >= 15 is 0 Å². The van der Waals surface area contributed by atoms with Gasteiger partial charge >= 0.3 is 0 Å². The molecule has 3 aromatic carbocycles. The molecule has 0 aliphatic carbocycles. The lowest BCUT2D eigenvalue weighted by atomic mass is 10.1. The summed E-state index contributed by atoms with van der Waals surface area (Å²) in [4.78, 5) is 12.8. The number of sulfonamides is 1. The number of hydrogen-bond acceptors (Lipinski definition) is 3. The van der Waals surface area contributed by atoms with Crippen LogP contribution in [0, 0.1) is 12.7 Å². The third-order valence-corrected chi connectivity index (χ3v) is 6.61. The summed E-state index contributed by atoms with van der Waals surface area (Å²) in [5, 5.41) is 3.82. The molecule has 0 bridgehead atoms. The number of fused-ring (bicyclic) bond motifs is 1. The van der Waals surface area contributed by atoms with Gasteiger partial charge in [-0.1, -0.05) is 18.2 Å². The lowest BCUT2D eigenvalue weighted by Crippen LogP contribution is -2.17. The zero-order valence-corrected chi connectivity index (χ0v) is 18.4. The van der Waals surface area contributed by atoms with Gasteiger partial charge in [-0.3, -0.25) is 9.52 Å². The van der Waals surface area contributed by atoms with Crippen LogP contribution in [0.1, 0.15) is 22.8 Å². The Balaban J connectivity index is 1.60. The van der Waals surface area contributed by atoms with E-state index in [0.717, 1.165) is 23.5 Å². The third-order valence-electron chi connectivity index (χ3n) is 5.25. The third kappa shape index (κ3) is 4.22. The number of carbonyl (C=O) groups is 1. The number of hydrogen-bond donors (Lipinski definition) is 2. The average Bonchev–Trinajstić information content (AvgIpc) is 3.17. The molecule has 8 heteroatoms. The Morgan fingerprint density at radius 3 is 2.56 bits per heavy atom. The van der Waals surface area contributed by atoms with Crippen molar-refractivity contribution in [3.63, 3.8) is 0 Å². The summed E-state index contributed by atoms with van der Waals surface area (Å²) >= 11 is 0. The highest BCUT2D eigenvalue weighted by atomic mass is 32.2. The number of halogens is 1. The standard InChI is InChI=1S/C24H22FN3O3S/c1-3-28-13-12-17-14-18(9-11-23(17)28)26-24(29)20-15-19(10-8-16(20)2)32(30,31)27-22-7-5-4-6-21(22)25/h4-15,27H,3H2,1-2H3,(H,26,29). The molecule has 1 heterocycles. The fourth-order valence-electron chi connectivity index (χ4n) is 3.51. The predicted octanol–water partition coefficient (Wildman–Crippen LogP) is 5.16. The summed E-state index contributed by atoms with van der Waals surface area (Å²) in [6.07, 6.45) is 1.98. The number of nitrogens with one attached hydrogen (secondary N) is 2. The molecule has 0 aliphatic rings. The molecule has 0 fully saturated rings. The molecule has 0 spiro atoms. The van der Waals surface area contributed by atoms with Gasteiger partial charge in [0, 0.05) is 34.9 Å². The Morgan fingerprint density at radius 2 is 1.81 bits per heavy atom. The number of aryl methyl sites for hydroxylation is 2. The summed E-state index contributed by atoms with van der Waals surface area (Å²) in [5.74, 6) is -1.12. The fourth-order valence-corrected chi connectivity index (χ4v) is 4.61. The number of para-hydroxylation sites is 1. The number of benzene rings is 3. The van der Waals surface area contributed by atoms with Crippen molar-refractivity contribution in [2.45, 2.75) is 25.3 Å². The summed E-state index contributed by atoms with van der Waals surface area (Å²) in [6.45, 7) is 4.62. The predicted molar refractivity (Wildman–Crippen MR) is 124 cm³/mol. The molecule has 32 heavy (non-hydrogen) atoms. The SMILES string of the molecule is CCn1ccc2cc(NC(=O)c3cc(S(=O)(=O)Nc4ccccc4F)ccc3C)ccc21. The molecule has 0 aliphatic heterocycles. The van der Waals surface area contributed by atoms with Gasteiger partial charge < -0.3 is 9.88 Å². The van der Waals surface area contributed by atoms with E-state index in [1.165, 1.54) is 30.3 Å². The van der Waals surface area contributed by atoms with Gasteiger partial charge in [-0.25, -0.2) is 12.8 Å². The van der Waals surface area contributed by atoms with E-state index < -0.39 is 21.7 Å². The minimum absolute atomic E-state index is 0.132. The maximum Gasteiger partial charge on any atom is 0.262 e. The summed E-state index contributed by atoms with van der Waals surface area (Å²) in [5.41, 5.74) is 2.34. The van der Waals surface area contributed by atoms with Gasteiger partial charge in [0.15, 0.2) is 0 Å². The molecular formula is C24H22FN3O3S. The van der Waals surface area contributed by atoms with E-state index in [4.69, 9.17) is 0 Å². The minimum atomic E-state index is -4.08. The molecule has 0 unspecified atom stereocenters. The molecule has 0 saturated carbocycles. The summed E-state index contributed by atoms with van der Waals surface area (Å²) < 4.78 is 43.7. The van der Waals surface area contributed by atoms with Crippen LogP contribution in [0.3, 0.4) is 0 Å². The minimum Gasteiger partial charge on any atom is -0.348 e. The van der Waals surface area contributed by atoms with Crippen molar-refractivity contribution in [2.75, 3.05) is 10.0 Å². The Bertz CT molecular complexity index is 1430. The lowest BCUT2D eigenvalue weighted by molar-refractivity contribution is 0.102. The molecule has 0 radical (unpaired) electrons. The molecule has 1 amide bonds. The fraction of sp³-hybridized carbons (Fsp3) is 0.125. The van der Waals surface area contributed by atoms with Gasteiger partial charge in [-0.15, -0.1) is 0 Å². The van der Waals surface area contributed by atoms with Crippen LogP contribution in [-0.4, -0.2) is 18.9 Å². The molecule has 4 rings (SSSR count). The normalized spacial score (nSPS) is 11.5. The van der Waals surface area contributed by atoms with Gasteiger partial charge in [-0.2, -0.15) is 0 Å². The van der Waals surface area contributed by atoms with Gasteiger partial charge in [0.1, 0.15) is 5.82 Å². The first-order valence-electron chi connectivity index (χ1n) is 10.1. The molecule has 1 aromatic heterocycles. The molecule has 0 saturated heterocycles. The first kappa shape index (κ1) is 21.6. The monoisotopic (exact) mass is 451 g/mol. The van der Waals surface area contributed by atoms with Crippen molar-refractivity contribution in [3.05, 3.63) is 89.9 Å². The summed E-state index contributed by atoms with van der Waals surface area (Å²) in [6, 6.07) is 17.3. The maximum atomic E-state index is 13.9. The average molecular weight is 452 g/mol. The first-order valence-corrected chi connectivity index (χ1v) is 11.5. The number of amides is 1. The van der Waals surface area contributed by atoms with E-state index in [1.807, 2.05) is 30.5 Å². The van der Waals surface area contributed by atoms with Crippen LogP contribution in [0.5, 0.6) is 0 Å². The molecule has 4 aromatic rings. The quantitative estimate of drug-likeness (QED) is 0.425. The van der Waals surface area contributed by atoms with Crippen LogP contribution in [0.4, 0.5) is 15.8 Å². The number of nitrogens with zero attached hydrogens (tertiary/aromatic N) is 1. The van der Waals surface area contributed by atoms with E-state index in [1.54, 1.807) is 13.0 Å². The zero-order chi connectivity index (χ0) is 22.9. The topological polar surface area (TPSA) is 80.2 Å². The van der Waals surface area contributed by atoms with Gasteiger partial charge in [0.25, 0.3) is 15.9 Å². The van der Waals surface area contributed by atoms with Gasteiger partial charge in [-0.05, 0) is 67.9 Å². The van der Waals surface area contributed by atoms with Gasteiger partial charge in [0.05, 0.1) is 10.6 Å². The second-order valence-corrected chi connectivity index (χ2v) is 9.07. The number of carbonyl (C=O) groups excluding carboxylic acids is 1. The first-order chi connectivity index (χ1) is 15.3. The van der Waals surface area contributed by atoms with Crippen molar-refractivity contribution in [1.29, 1.82) is 0 Å². The number of aromatic nitrogens is 1. The van der Waals surface area contributed by atoms with E-state index in [-0.39, 0.29) is 16.1 Å². The highest BCUT2D eigenvalue weighted by Crippen LogP contribution is 2.24. The Labute approximate surface area is 185 Å². The van der Waals surface area contributed by atoms with Crippen LogP contribution in [0.15, 0.2) is 77.8 Å².